The molecule has 2 aromatic rings. The molecule has 1 unspecified atom stereocenters. The van der Waals surface area contributed by atoms with Crippen molar-refractivity contribution in [1.82, 2.24) is 10.2 Å². The lowest BCUT2D eigenvalue weighted by Crippen LogP contribution is -2.41. The van der Waals surface area contributed by atoms with E-state index in [1.54, 1.807) is 33.4 Å². The zero-order chi connectivity index (χ0) is 19.1. The van der Waals surface area contributed by atoms with Crippen LogP contribution in [0, 0.1) is 0 Å². The van der Waals surface area contributed by atoms with Crippen LogP contribution < -0.4 is 14.8 Å². The van der Waals surface area contributed by atoms with E-state index in [2.05, 4.69) is 5.32 Å². The number of methoxy groups -OCH3 is 2. The standard InChI is InChI=1S/C20H24N2O4/c1-14(16-10-11-17(25-3)18(12-16)26-4)21-19(23)20(24)22(2)13-15-8-6-5-7-9-15/h5-12,14H,13H2,1-4H3,(H,21,23). The molecule has 2 rings (SSSR count). The molecule has 6 nitrogen and oxygen atoms in total. The zero-order valence-electron chi connectivity index (χ0n) is 15.5. The molecule has 0 aromatic heterocycles. The summed E-state index contributed by atoms with van der Waals surface area (Å²) in [4.78, 5) is 26.0. The van der Waals surface area contributed by atoms with Gasteiger partial charge in [-0.2, -0.15) is 0 Å². The summed E-state index contributed by atoms with van der Waals surface area (Å²) in [5, 5.41) is 2.72. The van der Waals surface area contributed by atoms with E-state index in [0.717, 1.165) is 11.1 Å². The molecule has 0 saturated heterocycles. The molecule has 138 valence electrons. The Morgan fingerprint density at radius 2 is 1.69 bits per heavy atom. The predicted molar refractivity (Wildman–Crippen MR) is 99.0 cm³/mol. The smallest absolute Gasteiger partial charge is 0.311 e. The molecule has 0 radical (unpaired) electrons. The number of hydrogen-bond acceptors (Lipinski definition) is 4. The van der Waals surface area contributed by atoms with Crippen LogP contribution in [-0.2, 0) is 16.1 Å². The molecule has 0 aliphatic rings. The van der Waals surface area contributed by atoms with Crippen LogP contribution in [0.25, 0.3) is 0 Å². The highest BCUT2D eigenvalue weighted by Gasteiger charge is 2.21. The van der Waals surface area contributed by atoms with Gasteiger partial charge < -0.3 is 19.7 Å². The van der Waals surface area contributed by atoms with Gasteiger partial charge in [0.05, 0.1) is 20.3 Å². The van der Waals surface area contributed by atoms with E-state index in [4.69, 9.17) is 9.47 Å². The molecule has 6 heteroatoms. The average Bonchev–Trinajstić information content (AvgIpc) is 2.67. The monoisotopic (exact) mass is 356 g/mol. The summed E-state index contributed by atoms with van der Waals surface area (Å²) in [6, 6.07) is 14.5. The lowest BCUT2D eigenvalue weighted by Gasteiger charge is -2.20. The van der Waals surface area contributed by atoms with Crippen LogP contribution in [0.15, 0.2) is 48.5 Å². The van der Waals surface area contributed by atoms with Crippen molar-refractivity contribution in [2.75, 3.05) is 21.3 Å². The van der Waals surface area contributed by atoms with Gasteiger partial charge in [0.2, 0.25) is 0 Å². The second kappa shape index (κ2) is 8.89. The number of carbonyl (C=O) groups excluding carboxylic acids is 2. The van der Waals surface area contributed by atoms with Crippen molar-refractivity contribution in [3.8, 4) is 11.5 Å². The highest BCUT2D eigenvalue weighted by molar-refractivity contribution is 6.34. The Kier molecular flexibility index (Phi) is 6.60. The molecule has 0 aliphatic carbocycles. The zero-order valence-corrected chi connectivity index (χ0v) is 15.5. The number of benzene rings is 2. The first-order valence-corrected chi connectivity index (χ1v) is 8.28. The maximum absolute atomic E-state index is 12.3. The number of amides is 2. The second-order valence-electron chi connectivity index (χ2n) is 5.96. The largest absolute Gasteiger partial charge is 0.493 e. The number of carbonyl (C=O) groups is 2. The molecule has 0 spiro atoms. The van der Waals surface area contributed by atoms with Crippen molar-refractivity contribution in [2.24, 2.45) is 0 Å². The van der Waals surface area contributed by atoms with Crippen LogP contribution in [0.4, 0.5) is 0 Å². The Balaban J connectivity index is 2.00. The van der Waals surface area contributed by atoms with E-state index in [-0.39, 0.29) is 6.04 Å². The molecule has 0 bridgehead atoms. The van der Waals surface area contributed by atoms with Crippen molar-refractivity contribution in [3.63, 3.8) is 0 Å². The van der Waals surface area contributed by atoms with Gasteiger partial charge in [-0.15, -0.1) is 0 Å². The number of rotatable bonds is 6. The van der Waals surface area contributed by atoms with Gasteiger partial charge in [0.1, 0.15) is 0 Å². The van der Waals surface area contributed by atoms with Gasteiger partial charge in [-0.25, -0.2) is 0 Å². The minimum absolute atomic E-state index is 0.351. The molecule has 0 saturated carbocycles. The molecule has 1 N–H and O–H groups in total. The van der Waals surface area contributed by atoms with Crippen molar-refractivity contribution in [1.29, 1.82) is 0 Å². The van der Waals surface area contributed by atoms with Gasteiger partial charge in [-0.3, -0.25) is 9.59 Å². The SMILES string of the molecule is COc1ccc(C(C)NC(=O)C(=O)N(C)Cc2ccccc2)cc1OC. The van der Waals surface area contributed by atoms with Gasteiger partial charge >= 0.3 is 11.8 Å². The van der Waals surface area contributed by atoms with Gasteiger partial charge in [0.15, 0.2) is 11.5 Å². The molecule has 26 heavy (non-hydrogen) atoms. The van der Waals surface area contributed by atoms with Crippen molar-refractivity contribution in [2.45, 2.75) is 19.5 Å². The molecule has 0 fully saturated rings. The Hall–Kier alpha value is -3.02. The maximum Gasteiger partial charge on any atom is 0.311 e. The molecule has 0 aliphatic heterocycles. The van der Waals surface area contributed by atoms with Crippen molar-refractivity contribution >= 4 is 11.8 Å². The van der Waals surface area contributed by atoms with Crippen LogP contribution in [-0.4, -0.2) is 38.0 Å². The van der Waals surface area contributed by atoms with Gasteiger partial charge in [0.25, 0.3) is 0 Å². The third-order valence-corrected chi connectivity index (χ3v) is 4.06. The first-order valence-electron chi connectivity index (χ1n) is 8.28. The Bertz CT molecular complexity index is 762. The first-order chi connectivity index (χ1) is 12.5. The Morgan fingerprint density at radius 3 is 2.31 bits per heavy atom. The highest BCUT2D eigenvalue weighted by Crippen LogP contribution is 2.29. The van der Waals surface area contributed by atoms with Gasteiger partial charge in [-0.05, 0) is 30.2 Å². The van der Waals surface area contributed by atoms with Crippen LogP contribution in [0.1, 0.15) is 24.1 Å². The van der Waals surface area contributed by atoms with E-state index in [9.17, 15) is 9.59 Å². The summed E-state index contributed by atoms with van der Waals surface area (Å²) in [6.07, 6.45) is 0. The number of hydrogen-bond donors (Lipinski definition) is 1. The molecular formula is C20H24N2O4. The third-order valence-electron chi connectivity index (χ3n) is 4.06. The third kappa shape index (κ3) is 4.75. The quantitative estimate of drug-likeness (QED) is 0.808. The van der Waals surface area contributed by atoms with E-state index >= 15 is 0 Å². The molecular weight excluding hydrogens is 332 g/mol. The number of likely N-dealkylation sites (N-methyl/N-ethyl adjacent to an activating group) is 1. The number of nitrogens with zero attached hydrogens (tertiary/aromatic N) is 1. The highest BCUT2D eigenvalue weighted by atomic mass is 16.5. The maximum atomic E-state index is 12.3. The van der Waals surface area contributed by atoms with E-state index in [1.807, 2.05) is 43.3 Å². The Morgan fingerprint density at radius 1 is 1.04 bits per heavy atom. The van der Waals surface area contributed by atoms with Crippen LogP contribution in [0.2, 0.25) is 0 Å². The van der Waals surface area contributed by atoms with Crippen molar-refractivity contribution < 1.29 is 19.1 Å². The number of ether oxygens (including phenoxy) is 2. The van der Waals surface area contributed by atoms with Crippen LogP contribution in [0.3, 0.4) is 0 Å². The summed E-state index contributed by atoms with van der Waals surface area (Å²) in [5.74, 6) is -0.0565. The molecule has 2 amide bonds. The van der Waals surface area contributed by atoms with E-state index in [1.165, 1.54) is 4.90 Å². The summed E-state index contributed by atoms with van der Waals surface area (Å²) in [6.45, 7) is 2.18. The van der Waals surface area contributed by atoms with Crippen LogP contribution >= 0.6 is 0 Å². The average molecular weight is 356 g/mol. The normalized spacial score (nSPS) is 11.4. The first kappa shape index (κ1) is 19.3. The molecule has 2 aromatic carbocycles. The van der Waals surface area contributed by atoms with E-state index < -0.39 is 11.8 Å². The summed E-state index contributed by atoms with van der Waals surface area (Å²) in [5.41, 5.74) is 1.78. The Labute approximate surface area is 153 Å². The second-order valence-corrected chi connectivity index (χ2v) is 5.96. The lowest BCUT2D eigenvalue weighted by molar-refractivity contribution is -0.145. The van der Waals surface area contributed by atoms with Crippen LogP contribution in [0.5, 0.6) is 11.5 Å². The topological polar surface area (TPSA) is 67.9 Å². The molecule has 0 heterocycles. The fourth-order valence-electron chi connectivity index (χ4n) is 2.57. The van der Waals surface area contributed by atoms with Gasteiger partial charge in [0, 0.05) is 13.6 Å². The minimum atomic E-state index is -0.647. The predicted octanol–water partition coefficient (Wildman–Crippen LogP) is 2.54. The lowest BCUT2D eigenvalue weighted by atomic mass is 10.1. The van der Waals surface area contributed by atoms with Gasteiger partial charge in [-0.1, -0.05) is 36.4 Å². The summed E-state index contributed by atoms with van der Waals surface area (Å²) in [7, 11) is 4.72. The summed E-state index contributed by atoms with van der Waals surface area (Å²) >= 11 is 0. The fourth-order valence-corrected chi connectivity index (χ4v) is 2.57. The van der Waals surface area contributed by atoms with Crippen molar-refractivity contribution in [3.05, 3.63) is 59.7 Å². The van der Waals surface area contributed by atoms with E-state index in [0.29, 0.717) is 18.0 Å². The minimum Gasteiger partial charge on any atom is -0.493 e. The molecule has 1 atom stereocenters. The number of nitrogens with one attached hydrogen (secondary N) is 1. The fraction of sp³-hybridized carbons (Fsp3) is 0.300. The summed E-state index contributed by atoms with van der Waals surface area (Å²) < 4.78 is 10.5.